The number of benzene rings is 2. The van der Waals surface area contributed by atoms with Gasteiger partial charge in [-0.1, -0.05) is 54.1 Å². The lowest BCUT2D eigenvalue weighted by atomic mass is 10.1. The van der Waals surface area contributed by atoms with Crippen LogP contribution in [0.1, 0.15) is 22.0 Å². The molecule has 33 heavy (non-hydrogen) atoms. The van der Waals surface area contributed by atoms with Crippen LogP contribution in [-0.4, -0.2) is 60.9 Å². The maximum atomic E-state index is 12.9. The molecule has 1 aromatic heterocycles. The minimum Gasteiger partial charge on any atom is -0.339 e. The average molecular weight is 463 g/mol. The molecule has 1 atom stereocenters. The molecule has 0 spiro atoms. The summed E-state index contributed by atoms with van der Waals surface area (Å²) in [6.07, 6.45) is 0. The van der Waals surface area contributed by atoms with Gasteiger partial charge in [0.15, 0.2) is 0 Å². The molecule has 2 aromatic carbocycles. The molecule has 1 aliphatic rings. The Hall–Kier alpha value is -3.00. The zero-order chi connectivity index (χ0) is 23.0. The summed E-state index contributed by atoms with van der Waals surface area (Å²) in [5.74, 6) is 0.0678. The molecule has 2 amide bonds. The first-order valence-electron chi connectivity index (χ1n) is 11.3. The second-order valence-corrected chi connectivity index (χ2v) is 9.29. The van der Waals surface area contributed by atoms with Gasteiger partial charge >= 0.3 is 0 Å². The van der Waals surface area contributed by atoms with Crippen LogP contribution in [-0.2, 0) is 9.59 Å². The largest absolute Gasteiger partial charge is 0.339 e. The van der Waals surface area contributed by atoms with Crippen LogP contribution in [0.2, 0.25) is 0 Å². The summed E-state index contributed by atoms with van der Waals surface area (Å²) in [7, 11) is 0. The lowest BCUT2D eigenvalue weighted by molar-refractivity contribution is -0.132. The fraction of sp³-hybridized carbons (Fsp3) is 0.308. The molecule has 7 heteroatoms. The molecule has 0 bridgehead atoms. The van der Waals surface area contributed by atoms with Crippen LogP contribution in [0.25, 0.3) is 0 Å². The average Bonchev–Trinajstić information content (AvgIpc) is 3.36. The zero-order valence-corrected chi connectivity index (χ0v) is 19.7. The molecule has 172 valence electrons. The van der Waals surface area contributed by atoms with E-state index in [0.717, 1.165) is 16.8 Å². The van der Waals surface area contributed by atoms with E-state index in [-0.39, 0.29) is 24.4 Å². The Morgan fingerprint density at radius 3 is 2.33 bits per heavy atom. The van der Waals surface area contributed by atoms with E-state index in [4.69, 9.17) is 0 Å². The fourth-order valence-electron chi connectivity index (χ4n) is 3.98. The number of nitrogens with one attached hydrogen (secondary N) is 2. The van der Waals surface area contributed by atoms with Crippen molar-refractivity contribution in [3.05, 3.63) is 88.1 Å². The third-order valence-corrected chi connectivity index (χ3v) is 6.78. The maximum Gasteiger partial charge on any atom is 0.238 e. The summed E-state index contributed by atoms with van der Waals surface area (Å²) in [4.78, 5) is 30.4. The van der Waals surface area contributed by atoms with Gasteiger partial charge in [0.1, 0.15) is 0 Å². The fourth-order valence-corrected chi connectivity index (χ4v) is 4.81. The van der Waals surface area contributed by atoms with Crippen molar-refractivity contribution in [2.45, 2.75) is 13.0 Å². The standard InChI is InChI=1S/C26H30N4O2S/c1-20-9-11-22(12-10-20)28-24(31)19-29-13-15-30(16-14-29)25(32)18-27-26(23-8-5-17-33-23)21-6-3-2-4-7-21/h2-12,17,26-27H,13-16,18-19H2,1H3,(H,28,31)/t26-/m0/s1. The number of hydrogen-bond acceptors (Lipinski definition) is 5. The molecule has 2 heterocycles. The zero-order valence-electron chi connectivity index (χ0n) is 18.9. The van der Waals surface area contributed by atoms with Crippen molar-refractivity contribution in [3.63, 3.8) is 0 Å². The number of rotatable bonds is 8. The van der Waals surface area contributed by atoms with E-state index >= 15 is 0 Å². The van der Waals surface area contributed by atoms with Gasteiger partial charge in [-0.3, -0.25) is 19.8 Å². The minimum absolute atomic E-state index is 0.00177. The second kappa shape index (κ2) is 11.2. The predicted molar refractivity (Wildman–Crippen MR) is 133 cm³/mol. The van der Waals surface area contributed by atoms with Gasteiger partial charge in [0.25, 0.3) is 0 Å². The number of hydrogen-bond donors (Lipinski definition) is 2. The van der Waals surface area contributed by atoms with Crippen molar-refractivity contribution < 1.29 is 9.59 Å². The maximum absolute atomic E-state index is 12.9. The van der Waals surface area contributed by atoms with Crippen molar-refractivity contribution in [1.29, 1.82) is 0 Å². The van der Waals surface area contributed by atoms with Gasteiger partial charge in [-0.15, -0.1) is 11.3 Å². The Labute approximate surface area is 199 Å². The van der Waals surface area contributed by atoms with E-state index in [0.29, 0.717) is 32.7 Å². The van der Waals surface area contributed by atoms with Gasteiger partial charge in [-0.2, -0.15) is 0 Å². The number of nitrogens with zero attached hydrogens (tertiary/aromatic N) is 2. The molecule has 0 saturated carbocycles. The molecule has 2 N–H and O–H groups in total. The molecular weight excluding hydrogens is 432 g/mol. The molecule has 0 unspecified atom stereocenters. The third kappa shape index (κ3) is 6.51. The number of anilines is 1. The highest BCUT2D eigenvalue weighted by Crippen LogP contribution is 2.25. The Balaban J connectivity index is 1.24. The summed E-state index contributed by atoms with van der Waals surface area (Å²) in [6.45, 7) is 5.29. The number of aryl methyl sites for hydroxylation is 1. The van der Waals surface area contributed by atoms with Crippen molar-refractivity contribution in [3.8, 4) is 0 Å². The first-order chi connectivity index (χ1) is 16.1. The number of thiophene rings is 1. The molecule has 1 fully saturated rings. The van der Waals surface area contributed by atoms with Crippen LogP contribution in [0.4, 0.5) is 5.69 Å². The summed E-state index contributed by atoms with van der Waals surface area (Å²) in [6, 6.07) is 22.1. The third-order valence-electron chi connectivity index (χ3n) is 5.85. The molecule has 1 saturated heterocycles. The van der Waals surface area contributed by atoms with Crippen molar-refractivity contribution in [2.75, 3.05) is 44.6 Å². The van der Waals surface area contributed by atoms with Crippen LogP contribution in [0.15, 0.2) is 72.1 Å². The summed E-state index contributed by atoms with van der Waals surface area (Å²) in [5, 5.41) is 8.45. The minimum atomic E-state index is -0.0260. The van der Waals surface area contributed by atoms with Crippen LogP contribution < -0.4 is 10.6 Å². The Bertz CT molecular complexity index is 1030. The quantitative estimate of drug-likeness (QED) is 0.538. The van der Waals surface area contributed by atoms with Crippen molar-refractivity contribution in [2.24, 2.45) is 0 Å². The van der Waals surface area contributed by atoms with Gasteiger partial charge < -0.3 is 10.2 Å². The molecule has 0 radical (unpaired) electrons. The van der Waals surface area contributed by atoms with Gasteiger partial charge in [0.2, 0.25) is 11.8 Å². The lowest BCUT2D eigenvalue weighted by Gasteiger charge is -2.34. The van der Waals surface area contributed by atoms with Crippen molar-refractivity contribution in [1.82, 2.24) is 15.1 Å². The highest BCUT2D eigenvalue weighted by Gasteiger charge is 2.23. The van der Waals surface area contributed by atoms with Crippen LogP contribution in [0, 0.1) is 6.92 Å². The van der Waals surface area contributed by atoms with E-state index in [1.165, 1.54) is 4.88 Å². The first-order valence-corrected chi connectivity index (χ1v) is 12.1. The van der Waals surface area contributed by atoms with Crippen LogP contribution in [0.5, 0.6) is 0 Å². The number of amides is 2. The van der Waals surface area contributed by atoms with E-state index in [1.54, 1.807) is 11.3 Å². The second-order valence-electron chi connectivity index (χ2n) is 8.31. The summed E-state index contributed by atoms with van der Waals surface area (Å²) < 4.78 is 0. The van der Waals surface area contributed by atoms with Gasteiger partial charge in [-0.25, -0.2) is 0 Å². The highest BCUT2D eigenvalue weighted by molar-refractivity contribution is 7.10. The van der Waals surface area contributed by atoms with Gasteiger partial charge in [0, 0.05) is 36.7 Å². The lowest BCUT2D eigenvalue weighted by Crippen LogP contribution is -2.52. The van der Waals surface area contributed by atoms with E-state index in [2.05, 4.69) is 39.1 Å². The molecular formula is C26H30N4O2S. The van der Waals surface area contributed by atoms with E-state index in [9.17, 15) is 9.59 Å². The monoisotopic (exact) mass is 462 g/mol. The van der Waals surface area contributed by atoms with E-state index in [1.807, 2.05) is 60.4 Å². The molecule has 3 aromatic rings. The SMILES string of the molecule is Cc1ccc(NC(=O)CN2CCN(C(=O)CN[C@@H](c3ccccc3)c3cccs3)CC2)cc1. The molecule has 0 aliphatic carbocycles. The number of piperazine rings is 1. The smallest absolute Gasteiger partial charge is 0.238 e. The van der Waals surface area contributed by atoms with Gasteiger partial charge in [-0.05, 0) is 36.1 Å². The van der Waals surface area contributed by atoms with Crippen LogP contribution in [0.3, 0.4) is 0 Å². The number of carbonyl (C=O) groups is 2. The highest BCUT2D eigenvalue weighted by atomic mass is 32.1. The predicted octanol–water partition coefficient (Wildman–Crippen LogP) is 3.52. The Kier molecular flexibility index (Phi) is 7.88. The topological polar surface area (TPSA) is 64.7 Å². The number of carbonyl (C=O) groups excluding carboxylic acids is 2. The Morgan fingerprint density at radius 2 is 1.67 bits per heavy atom. The normalized spacial score (nSPS) is 15.2. The summed E-state index contributed by atoms with van der Waals surface area (Å²) in [5.41, 5.74) is 3.12. The summed E-state index contributed by atoms with van der Waals surface area (Å²) >= 11 is 1.69. The Morgan fingerprint density at radius 1 is 0.939 bits per heavy atom. The van der Waals surface area contributed by atoms with E-state index < -0.39 is 0 Å². The molecule has 6 nitrogen and oxygen atoms in total. The molecule has 1 aliphatic heterocycles. The van der Waals surface area contributed by atoms with Crippen LogP contribution >= 0.6 is 11.3 Å². The first kappa shape index (κ1) is 23.2. The van der Waals surface area contributed by atoms with Crippen molar-refractivity contribution >= 4 is 28.8 Å². The molecule has 4 rings (SSSR count). The van der Waals surface area contributed by atoms with Gasteiger partial charge in [0.05, 0.1) is 19.1 Å².